The molecule has 84 valence electrons. The molecule has 0 aliphatic rings. The van der Waals surface area contributed by atoms with E-state index in [0.717, 1.165) is 5.32 Å². The van der Waals surface area contributed by atoms with Crippen molar-refractivity contribution in [2.24, 2.45) is 5.73 Å². The Labute approximate surface area is 76.4 Å². The highest BCUT2D eigenvalue weighted by atomic mass is 31.2. The van der Waals surface area contributed by atoms with Crippen molar-refractivity contribution in [2.75, 3.05) is 6.54 Å². The van der Waals surface area contributed by atoms with Crippen molar-refractivity contribution < 1.29 is 32.3 Å². The van der Waals surface area contributed by atoms with E-state index in [-0.39, 0.29) is 0 Å². The summed E-state index contributed by atoms with van der Waals surface area (Å²) < 4.78 is 46.2. The molecule has 0 saturated heterocycles. The van der Waals surface area contributed by atoms with Gasteiger partial charge in [-0.25, -0.2) is 0 Å². The lowest BCUT2D eigenvalue weighted by atomic mass is 10.5. The number of rotatable bonds is 3. The third kappa shape index (κ3) is 4.05. The van der Waals surface area contributed by atoms with Gasteiger partial charge in [-0.05, 0) is 0 Å². The Morgan fingerprint density at radius 3 is 2.14 bits per heavy atom. The lowest BCUT2D eigenvalue weighted by molar-refractivity contribution is -0.148. The molecule has 0 aliphatic carbocycles. The Morgan fingerprint density at radius 2 is 1.93 bits per heavy atom. The van der Waals surface area contributed by atoms with Crippen molar-refractivity contribution in [2.45, 2.75) is 12.0 Å². The smallest absolute Gasteiger partial charge is 0.334 e. The summed E-state index contributed by atoms with van der Waals surface area (Å²) in [6.07, 6.45) is -5.22. The second-order valence-corrected chi connectivity index (χ2v) is 4.00. The van der Waals surface area contributed by atoms with E-state index in [0.29, 0.717) is 0 Å². The minimum Gasteiger partial charge on any atom is -0.334 e. The third-order valence-corrected chi connectivity index (χ3v) is 2.22. The van der Waals surface area contributed by atoms with Crippen LogP contribution in [0.2, 0.25) is 0 Å². The van der Waals surface area contributed by atoms with Gasteiger partial charge in [0.2, 0.25) is 11.7 Å². The number of halogens is 3. The molecule has 14 heavy (non-hydrogen) atoms. The quantitative estimate of drug-likeness (QED) is 0.475. The van der Waals surface area contributed by atoms with Crippen LogP contribution in [0.3, 0.4) is 0 Å². The summed E-state index contributed by atoms with van der Waals surface area (Å²) in [4.78, 5) is 27.0. The van der Waals surface area contributed by atoms with E-state index in [1.165, 1.54) is 0 Å². The first-order valence-corrected chi connectivity index (χ1v) is 4.88. The van der Waals surface area contributed by atoms with Gasteiger partial charge in [0.15, 0.2) is 0 Å². The summed E-state index contributed by atoms with van der Waals surface area (Å²) >= 11 is 0. The standard InChI is InChI=1S/C4H8F3N2O4P/c5-4(6,7)3(14(11,12)13)9-2(10)1-8/h3H,1,8H2,(H,9,10)(H2,11,12,13). The number of amides is 1. The maximum atomic E-state index is 12.0. The highest BCUT2D eigenvalue weighted by molar-refractivity contribution is 7.52. The van der Waals surface area contributed by atoms with E-state index < -0.39 is 32.0 Å². The van der Waals surface area contributed by atoms with Crippen LogP contribution in [0.4, 0.5) is 13.2 Å². The fraction of sp³-hybridized carbons (Fsp3) is 0.750. The largest absolute Gasteiger partial charge is 0.420 e. The molecule has 0 spiro atoms. The predicted octanol–water partition coefficient (Wildman–Crippen LogP) is -0.873. The minimum atomic E-state index is -5.48. The predicted molar refractivity (Wildman–Crippen MR) is 39.1 cm³/mol. The van der Waals surface area contributed by atoms with E-state index in [4.69, 9.17) is 9.79 Å². The number of nitrogens with one attached hydrogen (secondary N) is 1. The molecule has 0 rings (SSSR count). The number of nitrogens with two attached hydrogens (primary N) is 1. The van der Waals surface area contributed by atoms with Gasteiger partial charge >= 0.3 is 13.8 Å². The Balaban J connectivity index is 4.77. The van der Waals surface area contributed by atoms with E-state index in [2.05, 4.69) is 5.73 Å². The van der Waals surface area contributed by atoms with Gasteiger partial charge in [-0.15, -0.1) is 0 Å². The summed E-state index contributed by atoms with van der Waals surface area (Å²) in [5.74, 6) is -4.50. The fourth-order valence-corrected chi connectivity index (χ4v) is 1.26. The van der Waals surface area contributed by atoms with Crippen LogP contribution in [0.1, 0.15) is 0 Å². The Kier molecular flexibility index (Phi) is 4.07. The molecule has 0 saturated carbocycles. The summed E-state index contributed by atoms with van der Waals surface area (Å²) in [5.41, 5.74) is 4.67. The molecule has 10 heteroatoms. The number of alkyl halides is 3. The average molecular weight is 236 g/mol. The molecule has 0 aromatic carbocycles. The molecule has 6 nitrogen and oxygen atoms in total. The lowest BCUT2D eigenvalue weighted by Crippen LogP contribution is -2.47. The van der Waals surface area contributed by atoms with Gasteiger partial charge in [-0.1, -0.05) is 0 Å². The monoisotopic (exact) mass is 236 g/mol. The minimum absolute atomic E-state index is 0.785. The first-order chi connectivity index (χ1) is 6.09. The van der Waals surface area contributed by atoms with Gasteiger partial charge < -0.3 is 20.8 Å². The molecule has 0 heterocycles. The van der Waals surface area contributed by atoms with Crippen molar-refractivity contribution in [1.82, 2.24) is 5.32 Å². The molecule has 1 atom stereocenters. The van der Waals surface area contributed by atoms with Crippen molar-refractivity contribution in [3.63, 3.8) is 0 Å². The molecule has 1 amide bonds. The van der Waals surface area contributed by atoms with Crippen LogP contribution in [-0.4, -0.2) is 34.2 Å². The Hall–Kier alpha value is -0.630. The molecule has 0 aromatic rings. The number of carbonyl (C=O) groups is 1. The maximum absolute atomic E-state index is 12.0. The molecule has 0 aromatic heterocycles. The summed E-state index contributed by atoms with van der Waals surface area (Å²) in [5, 5.41) is 1.09. The van der Waals surface area contributed by atoms with E-state index >= 15 is 0 Å². The highest BCUT2D eigenvalue weighted by Gasteiger charge is 2.51. The average Bonchev–Trinajstić information content (AvgIpc) is 1.95. The second kappa shape index (κ2) is 4.26. The van der Waals surface area contributed by atoms with Gasteiger partial charge in [-0.2, -0.15) is 13.2 Å². The maximum Gasteiger partial charge on any atom is 0.420 e. The third-order valence-electron chi connectivity index (χ3n) is 1.13. The lowest BCUT2D eigenvalue weighted by Gasteiger charge is -2.21. The fourth-order valence-electron chi connectivity index (χ4n) is 0.568. The number of hydrogen-bond donors (Lipinski definition) is 4. The second-order valence-electron chi connectivity index (χ2n) is 2.30. The molecular formula is C4H8F3N2O4P. The zero-order chi connectivity index (χ0) is 11.6. The zero-order valence-corrected chi connectivity index (χ0v) is 7.55. The van der Waals surface area contributed by atoms with Crippen LogP contribution < -0.4 is 11.1 Å². The first kappa shape index (κ1) is 13.4. The van der Waals surface area contributed by atoms with Gasteiger partial charge in [0.05, 0.1) is 6.54 Å². The summed E-state index contributed by atoms with van der Waals surface area (Å²) in [6.45, 7) is -0.785. The molecule has 0 bridgehead atoms. The van der Waals surface area contributed by atoms with Crippen LogP contribution in [0, 0.1) is 0 Å². The van der Waals surface area contributed by atoms with Crippen LogP contribution in [0.25, 0.3) is 0 Å². The normalized spacial score (nSPS) is 15.0. The molecule has 0 aliphatic heterocycles. The van der Waals surface area contributed by atoms with Crippen LogP contribution in [0.15, 0.2) is 0 Å². The van der Waals surface area contributed by atoms with E-state index in [9.17, 15) is 22.5 Å². The topological polar surface area (TPSA) is 113 Å². The molecule has 0 radical (unpaired) electrons. The summed E-state index contributed by atoms with van der Waals surface area (Å²) in [7, 11) is -5.48. The van der Waals surface area contributed by atoms with Gasteiger partial charge in [0, 0.05) is 0 Å². The molecule has 0 fully saturated rings. The van der Waals surface area contributed by atoms with Crippen molar-refractivity contribution >= 4 is 13.5 Å². The molecule has 1 unspecified atom stereocenters. The zero-order valence-electron chi connectivity index (χ0n) is 6.65. The van der Waals surface area contributed by atoms with E-state index in [1.54, 1.807) is 0 Å². The van der Waals surface area contributed by atoms with Gasteiger partial charge in [0.25, 0.3) is 0 Å². The van der Waals surface area contributed by atoms with Crippen LogP contribution in [-0.2, 0) is 9.36 Å². The van der Waals surface area contributed by atoms with Crippen molar-refractivity contribution in [1.29, 1.82) is 0 Å². The number of hydrogen-bond acceptors (Lipinski definition) is 3. The Morgan fingerprint density at radius 1 is 1.50 bits per heavy atom. The summed E-state index contributed by atoms with van der Waals surface area (Å²) in [6, 6.07) is 0. The highest BCUT2D eigenvalue weighted by Crippen LogP contribution is 2.47. The van der Waals surface area contributed by atoms with Crippen molar-refractivity contribution in [3.05, 3.63) is 0 Å². The van der Waals surface area contributed by atoms with Crippen molar-refractivity contribution in [3.8, 4) is 0 Å². The molecule has 5 N–H and O–H groups in total. The molecular weight excluding hydrogens is 228 g/mol. The first-order valence-electron chi connectivity index (χ1n) is 3.20. The Bertz CT molecular complexity index is 262. The van der Waals surface area contributed by atoms with Crippen LogP contribution >= 0.6 is 7.60 Å². The van der Waals surface area contributed by atoms with E-state index in [1.807, 2.05) is 0 Å². The van der Waals surface area contributed by atoms with Crippen LogP contribution in [0.5, 0.6) is 0 Å². The van der Waals surface area contributed by atoms with Gasteiger partial charge in [-0.3, -0.25) is 9.36 Å². The van der Waals surface area contributed by atoms with Gasteiger partial charge in [0.1, 0.15) is 0 Å². The SMILES string of the molecule is NCC(=O)NC(C(F)(F)F)P(=O)(O)O. The number of carbonyl (C=O) groups excluding carboxylic acids is 1.